The van der Waals surface area contributed by atoms with Crippen LogP contribution in [0.15, 0.2) is 21.8 Å². The molecule has 26 heavy (non-hydrogen) atoms. The zero-order valence-corrected chi connectivity index (χ0v) is 17.4. The first-order chi connectivity index (χ1) is 11.8. The van der Waals surface area contributed by atoms with Gasteiger partial charge >= 0.3 is 29.6 Å². The molecule has 0 bridgehead atoms. The van der Waals surface area contributed by atoms with Crippen molar-refractivity contribution in [2.45, 2.75) is 18.3 Å². The molecule has 2 aliphatic rings. The van der Waals surface area contributed by atoms with Gasteiger partial charge in [-0.2, -0.15) is 0 Å². The molecular formula is C13H12N5NaO5S2. The van der Waals surface area contributed by atoms with E-state index in [4.69, 9.17) is 10.9 Å². The number of oxime groups is 1. The smallest absolute Gasteiger partial charge is 0.543 e. The normalized spacial score (nSPS) is 22.3. The number of carboxylic acid groups (broad SMARTS) is 1. The van der Waals surface area contributed by atoms with Gasteiger partial charge in [0.05, 0.1) is 11.7 Å². The fourth-order valence-corrected chi connectivity index (χ4v) is 4.42. The number of carbonyl (C=O) groups is 3. The maximum absolute atomic E-state index is 12.3. The Bertz CT molecular complexity index is 839. The van der Waals surface area contributed by atoms with E-state index in [0.29, 0.717) is 11.3 Å². The number of nitrogens with two attached hydrogens (primary N) is 1. The molecule has 2 atom stereocenters. The monoisotopic (exact) mass is 405 g/mol. The summed E-state index contributed by atoms with van der Waals surface area (Å²) >= 11 is 2.38. The first-order valence-corrected chi connectivity index (χ1v) is 8.88. The molecule has 2 aliphatic heterocycles. The van der Waals surface area contributed by atoms with E-state index in [1.807, 2.05) is 0 Å². The number of thioether (sulfide) groups is 1. The van der Waals surface area contributed by atoms with E-state index in [2.05, 4.69) is 15.5 Å². The Kier molecular flexibility index (Phi) is 6.34. The third kappa shape index (κ3) is 3.47. The number of amides is 2. The molecule has 10 nitrogen and oxygen atoms in total. The van der Waals surface area contributed by atoms with Crippen LogP contribution in [0.1, 0.15) is 12.6 Å². The number of fused-ring (bicyclic) bond motifs is 1. The number of anilines is 1. The largest absolute Gasteiger partial charge is 1.00 e. The molecule has 2 amide bonds. The zero-order chi connectivity index (χ0) is 18.3. The summed E-state index contributed by atoms with van der Waals surface area (Å²) in [6.07, 6.45) is 0. The zero-order valence-electron chi connectivity index (χ0n) is 13.8. The van der Waals surface area contributed by atoms with Crippen molar-refractivity contribution in [2.75, 3.05) is 11.5 Å². The minimum atomic E-state index is -1.43. The summed E-state index contributed by atoms with van der Waals surface area (Å²) in [5, 5.41) is 26.7. The number of carboxylic acids is 1. The second kappa shape index (κ2) is 7.96. The third-order valence-electron chi connectivity index (χ3n) is 3.72. The molecule has 132 valence electrons. The Morgan fingerprint density at radius 2 is 2.23 bits per heavy atom. The van der Waals surface area contributed by atoms with Crippen LogP contribution in [0.2, 0.25) is 0 Å². The number of nitrogens with zero attached hydrogens (tertiary/aromatic N) is 3. The van der Waals surface area contributed by atoms with E-state index in [9.17, 15) is 19.5 Å². The molecule has 4 N–H and O–H groups in total. The number of β-lactam (4-membered cyclic amide) rings is 1. The molecule has 3 rings (SSSR count). The van der Waals surface area contributed by atoms with Crippen LogP contribution in [-0.4, -0.2) is 55.8 Å². The van der Waals surface area contributed by atoms with Gasteiger partial charge in [-0.1, -0.05) is 5.16 Å². The molecule has 13 heteroatoms. The van der Waals surface area contributed by atoms with Crippen LogP contribution < -0.4 is 45.7 Å². The van der Waals surface area contributed by atoms with Crippen molar-refractivity contribution >= 4 is 51.7 Å². The van der Waals surface area contributed by atoms with Crippen LogP contribution >= 0.6 is 23.1 Å². The summed E-state index contributed by atoms with van der Waals surface area (Å²) in [6.45, 7) is 1.61. The van der Waals surface area contributed by atoms with Gasteiger partial charge in [0.1, 0.15) is 17.1 Å². The number of carbonyl (C=O) groups excluding carboxylic acids is 3. The Hall–Kier alpha value is -1.60. The number of aliphatic carboxylic acids is 1. The van der Waals surface area contributed by atoms with Crippen LogP contribution in [0.25, 0.3) is 0 Å². The van der Waals surface area contributed by atoms with E-state index >= 15 is 0 Å². The van der Waals surface area contributed by atoms with Crippen LogP contribution in [0.4, 0.5) is 5.13 Å². The summed E-state index contributed by atoms with van der Waals surface area (Å²) in [4.78, 5) is 40.8. The van der Waals surface area contributed by atoms with Gasteiger partial charge in [0.2, 0.25) is 0 Å². The molecule has 0 spiro atoms. The third-order valence-corrected chi connectivity index (χ3v) is 5.82. The number of nitrogens with one attached hydrogen (secondary N) is 1. The molecule has 1 unspecified atom stereocenters. The summed E-state index contributed by atoms with van der Waals surface area (Å²) in [5.41, 5.74) is 5.54. The van der Waals surface area contributed by atoms with Gasteiger partial charge in [-0.3, -0.25) is 14.5 Å². The first kappa shape index (κ1) is 20.7. The van der Waals surface area contributed by atoms with Crippen LogP contribution in [-0.2, 0) is 14.4 Å². The van der Waals surface area contributed by atoms with Gasteiger partial charge < -0.3 is 26.2 Å². The maximum atomic E-state index is 12.3. The van der Waals surface area contributed by atoms with Gasteiger partial charge in [0.25, 0.3) is 11.8 Å². The SMILES string of the molecule is CC1=C(C(=O)[O-])N2C(=O)C(NC(=O)C(=NO)c3csc(N)n3)[C@H]2SC1.[Na+]. The van der Waals surface area contributed by atoms with Crippen molar-refractivity contribution in [1.82, 2.24) is 15.2 Å². The van der Waals surface area contributed by atoms with Gasteiger partial charge in [-0.05, 0) is 12.5 Å². The molecule has 0 radical (unpaired) electrons. The Balaban J connectivity index is 0.00000243. The molecule has 0 saturated carbocycles. The summed E-state index contributed by atoms with van der Waals surface area (Å²) in [6, 6.07) is -0.937. The van der Waals surface area contributed by atoms with Crippen molar-refractivity contribution in [2.24, 2.45) is 5.16 Å². The summed E-state index contributed by atoms with van der Waals surface area (Å²) < 4.78 is 0. The number of thiazole rings is 1. The Morgan fingerprint density at radius 1 is 1.54 bits per heavy atom. The minimum absolute atomic E-state index is 0. The van der Waals surface area contributed by atoms with Gasteiger partial charge in [0.15, 0.2) is 10.8 Å². The van der Waals surface area contributed by atoms with E-state index < -0.39 is 29.2 Å². The second-order valence-corrected chi connectivity index (χ2v) is 7.29. The molecule has 1 aromatic heterocycles. The van der Waals surface area contributed by atoms with Gasteiger partial charge in [0, 0.05) is 11.1 Å². The van der Waals surface area contributed by atoms with Crippen molar-refractivity contribution in [1.29, 1.82) is 0 Å². The minimum Gasteiger partial charge on any atom is -0.543 e. The van der Waals surface area contributed by atoms with Crippen LogP contribution in [0.3, 0.4) is 0 Å². The predicted molar refractivity (Wildman–Crippen MR) is 87.6 cm³/mol. The quantitative estimate of drug-likeness (QED) is 0.148. The molecular weight excluding hydrogens is 393 g/mol. The van der Waals surface area contributed by atoms with E-state index in [0.717, 1.165) is 16.2 Å². The van der Waals surface area contributed by atoms with Crippen molar-refractivity contribution in [3.05, 3.63) is 22.3 Å². The summed E-state index contributed by atoms with van der Waals surface area (Å²) in [5.74, 6) is -2.42. The van der Waals surface area contributed by atoms with E-state index in [-0.39, 0.29) is 51.8 Å². The predicted octanol–water partition coefficient (Wildman–Crippen LogP) is -4.67. The van der Waals surface area contributed by atoms with Crippen molar-refractivity contribution in [3.63, 3.8) is 0 Å². The van der Waals surface area contributed by atoms with E-state index in [1.165, 1.54) is 17.1 Å². The van der Waals surface area contributed by atoms with Crippen molar-refractivity contribution < 1.29 is 54.3 Å². The molecule has 0 aliphatic carbocycles. The second-order valence-electron chi connectivity index (χ2n) is 5.30. The van der Waals surface area contributed by atoms with Gasteiger partial charge in [-0.15, -0.1) is 23.1 Å². The standard InChI is InChI=1S/C13H13N5O5S2.Na/c1-4-2-24-11-7(10(20)18(11)8(4)12(21)22)16-9(19)6(17-23)5-3-25-13(14)15-5;/h3,7,11,23H,2H2,1H3,(H2,14,15)(H,16,19)(H,21,22);/q;+1/p-1/t7?,11-;/m1./s1. The fourth-order valence-electron chi connectivity index (χ4n) is 2.58. The number of hydrogen-bond acceptors (Lipinski definition) is 10. The number of aromatic nitrogens is 1. The molecule has 0 aromatic carbocycles. The average Bonchev–Trinajstić information content (AvgIpc) is 2.98. The number of hydrogen-bond donors (Lipinski definition) is 3. The number of rotatable bonds is 4. The number of nitrogen functional groups attached to an aromatic ring is 1. The van der Waals surface area contributed by atoms with Crippen LogP contribution in [0, 0.1) is 0 Å². The summed E-state index contributed by atoms with van der Waals surface area (Å²) in [7, 11) is 0. The molecule has 1 aromatic rings. The van der Waals surface area contributed by atoms with Crippen molar-refractivity contribution in [3.8, 4) is 0 Å². The Labute approximate surface area is 177 Å². The molecule has 1 fully saturated rings. The van der Waals surface area contributed by atoms with Gasteiger partial charge in [-0.25, -0.2) is 4.98 Å². The first-order valence-electron chi connectivity index (χ1n) is 6.95. The molecule has 3 heterocycles. The average molecular weight is 405 g/mol. The fraction of sp³-hybridized carbons (Fsp3) is 0.308. The Morgan fingerprint density at radius 3 is 2.77 bits per heavy atom. The van der Waals surface area contributed by atoms with E-state index in [1.54, 1.807) is 6.92 Å². The maximum Gasteiger partial charge on any atom is 1.00 e. The topological polar surface area (TPSA) is 161 Å². The van der Waals surface area contributed by atoms with Crippen LogP contribution in [0.5, 0.6) is 0 Å². The molecule has 1 saturated heterocycles.